The Morgan fingerprint density at radius 1 is 1.36 bits per heavy atom. The van der Waals surface area contributed by atoms with E-state index in [1.165, 1.54) is 25.3 Å². The van der Waals surface area contributed by atoms with E-state index in [2.05, 4.69) is 4.98 Å². The van der Waals surface area contributed by atoms with Crippen molar-refractivity contribution in [2.75, 3.05) is 0 Å². The Morgan fingerprint density at radius 3 is 2.88 bits per heavy atom. The van der Waals surface area contributed by atoms with Crippen molar-refractivity contribution in [2.24, 2.45) is 0 Å². The third kappa shape index (κ3) is 4.95. The van der Waals surface area contributed by atoms with Crippen molar-refractivity contribution >= 4 is 17.7 Å². The van der Waals surface area contributed by atoms with Gasteiger partial charge in [0, 0.05) is 23.4 Å². The van der Waals surface area contributed by atoms with E-state index in [4.69, 9.17) is 9.84 Å². The Morgan fingerprint density at radius 2 is 2.20 bits per heavy atom. The molecule has 0 amide bonds. The van der Waals surface area contributed by atoms with Crippen LogP contribution in [0.25, 0.3) is 0 Å². The van der Waals surface area contributed by atoms with E-state index in [-0.39, 0.29) is 18.8 Å². The van der Waals surface area contributed by atoms with Crippen molar-refractivity contribution in [1.82, 2.24) is 4.98 Å². The molecular formula is C19H20FNO3S. The van der Waals surface area contributed by atoms with E-state index in [1.807, 2.05) is 12.1 Å². The van der Waals surface area contributed by atoms with Crippen LogP contribution in [0.2, 0.25) is 0 Å². The number of ether oxygens (including phenoxy) is 1. The molecule has 0 aliphatic heterocycles. The van der Waals surface area contributed by atoms with Gasteiger partial charge in [-0.15, -0.1) is 11.8 Å². The zero-order valence-electron chi connectivity index (χ0n) is 13.8. The summed E-state index contributed by atoms with van der Waals surface area (Å²) in [5, 5.41) is 10.3. The van der Waals surface area contributed by atoms with Crippen molar-refractivity contribution in [1.29, 1.82) is 0 Å². The number of nitrogens with zero attached hydrogens (tertiary/aromatic N) is 1. The van der Waals surface area contributed by atoms with E-state index >= 15 is 0 Å². The number of aliphatic carboxylic acids is 1. The van der Waals surface area contributed by atoms with Gasteiger partial charge < -0.3 is 9.84 Å². The highest BCUT2D eigenvalue weighted by Crippen LogP contribution is 2.37. The molecule has 1 aromatic carbocycles. The lowest BCUT2D eigenvalue weighted by atomic mass is 10.0. The van der Waals surface area contributed by atoms with E-state index < -0.39 is 11.8 Å². The minimum absolute atomic E-state index is 0.0168. The van der Waals surface area contributed by atoms with Crippen molar-refractivity contribution in [3.63, 3.8) is 0 Å². The summed E-state index contributed by atoms with van der Waals surface area (Å²) in [6, 6.07) is 8.41. The topological polar surface area (TPSA) is 59.4 Å². The molecular weight excluding hydrogens is 341 g/mol. The minimum Gasteiger partial charge on any atom is -0.486 e. The molecule has 1 aliphatic rings. The molecule has 0 atom stereocenters. The summed E-state index contributed by atoms with van der Waals surface area (Å²) in [5.74, 6) is -1.20. The third-order valence-corrected chi connectivity index (χ3v) is 5.58. The summed E-state index contributed by atoms with van der Waals surface area (Å²) >= 11 is 1.77. The Balaban J connectivity index is 1.62. The molecule has 1 heterocycles. The van der Waals surface area contributed by atoms with Gasteiger partial charge >= 0.3 is 5.97 Å². The summed E-state index contributed by atoms with van der Waals surface area (Å²) in [6.07, 6.45) is 5.76. The average Bonchev–Trinajstić information content (AvgIpc) is 2.56. The first-order valence-electron chi connectivity index (χ1n) is 8.35. The van der Waals surface area contributed by atoms with Gasteiger partial charge in [-0.2, -0.15) is 0 Å². The highest BCUT2D eigenvalue weighted by atomic mass is 32.2. The predicted octanol–water partition coefficient (Wildman–Crippen LogP) is 4.46. The lowest BCUT2D eigenvalue weighted by molar-refractivity contribution is -0.136. The molecule has 132 valence electrons. The second kappa shape index (κ2) is 8.34. The first-order chi connectivity index (χ1) is 12.1. The maximum Gasteiger partial charge on any atom is 0.303 e. The van der Waals surface area contributed by atoms with Crippen molar-refractivity contribution in [3.8, 4) is 5.75 Å². The molecule has 25 heavy (non-hydrogen) atoms. The van der Waals surface area contributed by atoms with Crippen LogP contribution < -0.4 is 4.74 Å². The van der Waals surface area contributed by atoms with Crippen LogP contribution in [-0.2, 0) is 17.8 Å². The molecule has 1 saturated carbocycles. The first-order valence-corrected chi connectivity index (χ1v) is 9.23. The molecule has 1 fully saturated rings. The molecule has 0 bridgehead atoms. The zero-order valence-corrected chi connectivity index (χ0v) is 14.6. The number of halogens is 1. The number of pyridine rings is 1. The van der Waals surface area contributed by atoms with Crippen LogP contribution in [0.3, 0.4) is 0 Å². The number of aryl methyl sites for hydroxylation is 1. The van der Waals surface area contributed by atoms with Crippen molar-refractivity contribution in [3.05, 3.63) is 53.5 Å². The highest BCUT2D eigenvalue weighted by Gasteiger charge is 2.20. The normalized spacial score (nSPS) is 14.1. The fourth-order valence-electron chi connectivity index (χ4n) is 2.51. The molecule has 0 saturated heterocycles. The summed E-state index contributed by atoms with van der Waals surface area (Å²) < 4.78 is 19.8. The number of hydrogen-bond donors (Lipinski definition) is 1. The molecule has 4 nitrogen and oxygen atoms in total. The second-order valence-corrected chi connectivity index (χ2v) is 7.37. The quantitative estimate of drug-likeness (QED) is 0.752. The van der Waals surface area contributed by atoms with Crippen LogP contribution in [-0.4, -0.2) is 21.3 Å². The second-order valence-electron chi connectivity index (χ2n) is 6.09. The van der Waals surface area contributed by atoms with Crippen LogP contribution in [0.1, 0.15) is 36.8 Å². The van der Waals surface area contributed by atoms with Crippen molar-refractivity contribution in [2.45, 2.75) is 49.0 Å². The maximum absolute atomic E-state index is 14.2. The van der Waals surface area contributed by atoms with Crippen molar-refractivity contribution < 1.29 is 19.0 Å². The summed E-state index contributed by atoms with van der Waals surface area (Å²) in [7, 11) is 0. The molecule has 0 spiro atoms. The third-order valence-electron chi connectivity index (χ3n) is 4.19. The summed E-state index contributed by atoms with van der Waals surface area (Å²) in [4.78, 5) is 15.0. The minimum atomic E-state index is -0.895. The van der Waals surface area contributed by atoms with E-state index in [9.17, 15) is 9.18 Å². The molecule has 1 aromatic heterocycles. The van der Waals surface area contributed by atoms with Gasteiger partial charge in [0.15, 0.2) is 11.6 Å². The van der Waals surface area contributed by atoms with Gasteiger partial charge in [0.25, 0.3) is 0 Å². The SMILES string of the molecule is O=C(O)CCc1ccc(OCc2cccnc2SC2CCC2)c(F)c1. The monoisotopic (exact) mass is 361 g/mol. The fourth-order valence-corrected chi connectivity index (χ4v) is 3.80. The number of carboxylic acids is 1. The van der Waals surface area contributed by atoms with Crippen LogP contribution in [0.5, 0.6) is 5.75 Å². The van der Waals surface area contributed by atoms with Gasteiger partial charge in [-0.3, -0.25) is 4.79 Å². The van der Waals surface area contributed by atoms with Gasteiger partial charge in [0.2, 0.25) is 0 Å². The van der Waals surface area contributed by atoms with E-state index in [0.29, 0.717) is 17.2 Å². The number of thioether (sulfide) groups is 1. The number of benzene rings is 1. The fraction of sp³-hybridized carbons (Fsp3) is 0.368. The van der Waals surface area contributed by atoms with Crippen LogP contribution in [0.4, 0.5) is 4.39 Å². The van der Waals surface area contributed by atoms with Crippen LogP contribution in [0.15, 0.2) is 41.6 Å². The van der Waals surface area contributed by atoms with Crippen LogP contribution in [0, 0.1) is 5.82 Å². The van der Waals surface area contributed by atoms with Gasteiger partial charge in [0.05, 0.1) is 0 Å². The number of carboxylic acid groups (broad SMARTS) is 1. The lowest BCUT2D eigenvalue weighted by Crippen LogP contribution is -2.14. The van der Waals surface area contributed by atoms with Gasteiger partial charge in [-0.05, 0) is 43.0 Å². The van der Waals surface area contributed by atoms with Gasteiger partial charge in [0.1, 0.15) is 11.6 Å². The highest BCUT2D eigenvalue weighted by molar-refractivity contribution is 8.00. The predicted molar refractivity (Wildman–Crippen MR) is 94.4 cm³/mol. The average molecular weight is 361 g/mol. The molecule has 1 aliphatic carbocycles. The molecule has 0 unspecified atom stereocenters. The maximum atomic E-state index is 14.2. The summed E-state index contributed by atoms with van der Waals surface area (Å²) in [6.45, 7) is 0.258. The lowest BCUT2D eigenvalue weighted by Gasteiger charge is -2.24. The Kier molecular flexibility index (Phi) is 5.91. The van der Waals surface area contributed by atoms with E-state index in [1.54, 1.807) is 30.1 Å². The Bertz CT molecular complexity index is 749. The smallest absolute Gasteiger partial charge is 0.303 e. The largest absolute Gasteiger partial charge is 0.486 e. The summed E-state index contributed by atoms with van der Waals surface area (Å²) in [5.41, 5.74) is 1.60. The van der Waals surface area contributed by atoms with Gasteiger partial charge in [-0.1, -0.05) is 18.6 Å². The zero-order chi connectivity index (χ0) is 17.6. The number of carbonyl (C=O) groups is 1. The van der Waals surface area contributed by atoms with Gasteiger partial charge in [-0.25, -0.2) is 9.37 Å². The van der Waals surface area contributed by atoms with E-state index in [0.717, 1.165) is 10.6 Å². The molecule has 2 aromatic rings. The molecule has 0 radical (unpaired) electrons. The molecule has 3 rings (SSSR count). The molecule has 1 N–H and O–H groups in total. The Hall–Kier alpha value is -2.08. The number of hydrogen-bond acceptors (Lipinski definition) is 4. The first kappa shape index (κ1) is 17.7. The Labute approximate surface area is 150 Å². The standard InChI is InChI=1S/C19H20FNO3S/c20-16-11-13(7-9-18(22)23)6-8-17(16)24-12-14-3-2-10-21-19(14)25-15-4-1-5-15/h2-3,6,8,10-11,15H,1,4-5,7,9,12H2,(H,22,23). The molecule has 6 heteroatoms. The van der Waals surface area contributed by atoms with Crippen LogP contribution >= 0.6 is 11.8 Å². The number of rotatable bonds is 8. The number of aromatic nitrogens is 1.